The second-order valence-electron chi connectivity index (χ2n) is 10.2. The highest BCUT2D eigenvalue weighted by molar-refractivity contribution is 7.90. The average Bonchev–Trinajstić information content (AvgIpc) is 3.23. The molecule has 0 aliphatic carbocycles. The van der Waals surface area contributed by atoms with Crippen LogP contribution in [0.2, 0.25) is 0 Å². The Morgan fingerprint density at radius 1 is 1.17 bits per heavy atom. The monoisotopic (exact) mass is 515 g/mol. The van der Waals surface area contributed by atoms with Crippen LogP contribution in [-0.2, 0) is 33.1 Å². The molecule has 3 rings (SSSR count). The quantitative estimate of drug-likeness (QED) is 0.418. The van der Waals surface area contributed by atoms with Crippen LogP contribution in [0.1, 0.15) is 58.5 Å². The lowest BCUT2D eigenvalue weighted by atomic mass is 9.95. The maximum atomic E-state index is 15.3. The molecule has 1 heterocycles. The Morgan fingerprint density at radius 2 is 1.89 bits per heavy atom. The summed E-state index contributed by atoms with van der Waals surface area (Å²) < 4.78 is 50.0. The minimum absolute atomic E-state index is 0.0298. The summed E-state index contributed by atoms with van der Waals surface area (Å²) in [5.74, 6) is 0.715. The first kappa shape index (κ1) is 27.4. The molecule has 1 amide bonds. The summed E-state index contributed by atoms with van der Waals surface area (Å²) in [6.07, 6.45) is 3.16. The lowest BCUT2D eigenvalue weighted by Gasteiger charge is -2.20. The first-order valence-electron chi connectivity index (χ1n) is 11.9. The number of hydrogen-bond donors (Lipinski definition) is 1. The fourth-order valence-corrected chi connectivity index (χ4v) is 5.17. The smallest absolute Gasteiger partial charge is 0.421 e. The van der Waals surface area contributed by atoms with Crippen LogP contribution in [0.5, 0.6) is 0 Å². The third-order valence-corrected chi connectivity index (χ3v) is 6.93. The van der Waals surface area contributed by atoms with Crippen LogP contribution >= 0.6 is 0 Å². The number of nitrogens with zero attached hydrogens (tertiary/aromatic N) is 2. The molecule has 7 nitrogen and oxygen atoms in total. The zero-order chi connectivity index (χ0) is 26.7. The predicted octanol–water partition coefficient (Wildman–Crippen LogP) is 5.67. The highest BCUT2D eigenvalue weighted by Gasteiger charge is 2.24. The molecule has 0 aliphatic rings. The van der Waals surface area contributed by atoms with Gasteiger partial charge < -0.3 is 9.30 Å². The molecule has 0 radical (unpaired) electrons. The van der Waals surface area contributed by atoms with Gasteiger partial charge in [-0.15, -0.1) is 0 Å². The SMILES string of the molecule is CCOC(=O)NS(=O)(=O)c1ccc(CC(C)C)cc1-c1ccc(Cn2ccnc2C(C)(C)C)c(F)c1. The molecule has 9 heteroatoms. The normalized spacial score (nSPS) is 12.1. The van der Waals surface area contributed by atoms with Gasteiger partial charge in [0.1, 0.15) is 11.6 Å². The number of benzene rings is 2. The lowest BCUT2D eigenvalue weighted by molar-refractivity contribution is 0.158. The van der Waals surface area contributed by atoms with E-state index in [0.29, 0.717) is 29.2 Å². The predicted molar refractivity (Wildman–Crippen MR) is 138 cm³/mol. The molecule has 2 aromatic carbocycles. The van der Waals surface area contributed by atoms with Gasteiger partial charge in [-0.2, -0.15) is 0 Å². The Bertz CT molecular complexity index is 1340. The molecule has 0 fully saturated rings. The standard InChI is InChI=1S/C27H34FN3O4S/c1-7-35-26(32)30-36(33,34)24-11-8-19(14-18(2)3)15-22(24)20-9-10-21(23(28)16-20)17-31-13-12-29-25(31)27(4,5)6/h8-13,15-16,18H,7,14,17H2,1-6H3,(H,30,32). The summed E-state index contributed by atoms with van der Waals surface area (Å²) in [6.45, 7) is 12.2. The van der Waals surface area contributed by atoms with Gasteiger partial charge in [0.05, 0.1) is 18.0 Å². The number of nitrogens with one attached hydrogen (secondary N) is 1. The Morgan fingerprint density at radius 3 is 2.50 bits per heavy atom. The number of halogens is 1. The van der Waals surface area contributed by atoms with E-state index in [1.807, 2.05) is 36.3 Å². The van der Waals surface area contributed by atoms with E-state index in [9.17, 15) is 13.2 Å². The third kappa shape index (κ3) is 6.51. The van der Waals surface area contributed by atoms with E-state index < -0.39 is 21.9 Å². The van der Waals surface area contributed by atoms with Crippen molar-refractivity contribution in [1.82, 2.24) is 14.3 Å². The minimum Gasteiger partial charge on any atom is -0.449 e. The Kier molecular flexibility index (Phi) is 8.23. The molecule has 0 bridgehead atoms. The van der Waals surface area contributed by atoms with Crippen LogP contribution < -0.4 is 4.72 Å². The largest absolute Gasteiger partial charge is 0.449 e. The van der Waals surface area contributed by atoms with Gasteiger partial charge in [0.15, 0.2) is 0 Å². The first-order valence-corrected chi connectivity index (χ1v) is 13.4. The summed E-state index contributed by atoms with van der Waals surface area (Å²) >= 11 is 0. The molecular formula is C27H34FN3O4S. The lowest BCUT2D eigenvalue weighted by Crippen LogP contribution is -2.31. The number of rotatable bonds is 8. The van der Waals surface area contributed by atoms with Crippen LogP contribution in [0.3, 0.4) is 0 Å². The Hall–Kier alpha value is -3.20. The van der Waals surface area contributed by atoms with Gasteiger partial charge in [0.25, 0.3) is 10.0 Å². The van der Waals surface area contributed by atoms with E-state index in [-0.39, 0.29) is 16.9 Å². The molecular weight excluding hydrogens is 481 g/mol. The number of hydrogen-bond acceptors (Lipinski definition) is 5. The zero-order valence-corrected chi connectivity index (χ0v) is 22.4. The Balaban J connectivity index is 2.04. The molecule has 0 aliphatic heterocycles. The van der Waals surface area contributed by atoms with Gasteiger partial charge in [0.2, 0.25) is 0 Å². The molecule has 0 saturated heterocycles. The molecule has 0 unspecified atom stereocenters. The van der Waals surface area contributed by atoms with Crippen molar-refractivity contribution in [3.05, 3.63) is 71.6 Å². The van der Waals surface area contributed by atoms with Gasteiger partial charge in [-0.05, 0) is 48.6 Å². The first-order chi connectivity index (χ1) is 16.8. The van der Waals surface area contributed by atoms with Gasteiger partial charge >= 0.3 is 6.09 Å². The van der Waals surface area contributed by atoms with Crippen molar-refractivity contribution >= 4 is 16.1 Å². The maximum absolute atomic E-state index is 15.3. The fourth-order valence-electron chi connectivity index (χ4n) is 4.07. The summed E-state index contributed by atoms with van der Waals surface area (Å²) in [5, 5.41) is 0. The van der Waals surface area contributed by atoms with Crippen molar-refractivity contribution in [3.8, 4) is 11.1 Å². The molecule has 1 aromatic heterocycles. The highest BCUT2D eigenvalue weighted by atomic mass is 32.2. The average molecular weight is 516 g/mol. The van der Waals surface area contributed by atoms with E-state index in [1.54, 1.807) is 37.4 Å². The number of sulfonamides is 1. The number of imidazole rings is 1. The van der Waals surface area contributed by atoms with Crippen molar-refractivity contribution in [1.29, 1.82) is 0 Å². The van der Waals surface area contributed by atoms with E-state index in [1.165, 1.54) is 12.1 Å². The van der Waals surface area contributed by atoms with E-state index in [0.717, 1.165) is 17.8 Å². The van der Waals surface area contributed by atoms with Crippen molar-refractivity contribution in [2.45, 2.75) is 64.8 Å². The van der Waals surface area contributed by atoms with Crippen LogP contribution in [0.4, 0.5) is 9.18 Å². The summed E-state index contributed by atoms with van der Waals surface area (Å²) in [4.78, 5) is 16.2. The van der Waals surface area contributed by atoms with Gasteiger partial charge in [-0.3, -0.25) is 0 Å². The second kappa shape index (κ2) is 10.8. The molecule has 0 saturated carbocycles. The van der Waals surface area contributed by atoms with E-state index in [2.05, 4.69) is 18.8 Å². The van der Waals surface area contributed by atoms with Crippen molar-refractivity contribution in [2.75, 3.05) is 6.61 Å². The Labute approximate surface area is 212 Å². The maximum Gasteiger partial charge on any atom is 0.421 e. The summed E-state index contributed by atoms with van der Waals surface area (Å²) in [7, 11) is -4.25. The van der Waals surface area contributed by atoms with Crippen LogP contribution in [0, 0.1) is 11.7 Å². The molecule has 36 heavy (non-hydrogen) atoms. The molecule has 194 valence electrons. The minimum atomic E-state index is -4.25. The van der Waals surface area contributed by atoms with E-state index in [4.69, 9.17) is 4.74 Å². The van der Waals surface area contributed by atoms with Crippen LogP contribution in [0.25, 0.3) is 11.1 Å². The van der Waals surface area contributed by atoms with Gasteiger partial charge in [-0.25, -0.2) is 27.3 Å². The second-order valence-corrected chi connectivity index (χ2v) is 11.8. The number of aromatic nitrogens is 2. The van der Waals surface area contributed by atoms with Crippen LogP contribution in [-0.4, -0.2) is 30.7 Å². The van der Waals surface area contributed by atoms with Crippen LogP contribution in [0.15, 0.2) is 53.7 Å². The van der Waals surface area contributed by atoms with Crippen molar-refractivity contribution < 1.29 is 22.3 Å². The third-order valence-electron chi connectivity index (χ3n) is 5.56. The van der Waals surface area contributed by atoms with Crippen molar-refractivity contribution in [3.63, 3.8) is 0 Å². The molecule has 1 N–H and O–H groups in total. The summed E-state index contributed by atoms with van der Waals surface area (Å²) in [6, 6.07) is 9.58. The van der Waals surface area contributed by atoms with Crippen molar-refractivity contribution in [2.24, 2.45) is 5.92 Å². The zero-order valence-electron chi connectivity index (χ0n) is 21.6. The topological polar surface area (TPSA) is 90.3 Å². The highest BCUT2D eigenvalue weighted by Crippen LogP contribution is 2.31. The number of carbonyl (C=O) groups excluding carboxylic acids is 1. The van der Waals surface area contributed by atoms with Gasteiger partial charge in [-0.1, -0.05) is 52.8 Å². The summed E-state index contributed by atoms with van der Waals surface area (Å²) in [5.41, 5.74) is 1.87. The molecule has 0 spiro atoms. The number of amides is 1. The molecule has 3 aromatic rings. The number of ether oxygens (including phenoxy) is 1. The van der Waals surface area contributed by atoms with E-state index >= 15 is 4.39 Å². The molecule has 0 atom stereocenters. The fraction of sp³-hybridized carbons (Fsp3) is 0.407. The number of carbonyl (C=O) groups is 1. The van der Waals surface area contributed by atoms with Gasteiger partial charge in [0, 0.05) is 28.9 Å².